The SMILES string of the molecule is CN(Cc1ccccc1Br)C(=O)CCc1nc2cc(S(=O)(=O)N(C)C)ccc2n1C. The Bertz CT molecular complexity index is 1190. The smallest absolute Gasteiger partial charge is 0.242 e. The molecule has 1 amide bonds. The second kappa shape index (κ2) is 8.87. The van der Waals surface area contributed by atoms with Crippen LogP contribution in [0.25, 0.3) is 11.0 Å². The summed E-state index contributed by atoms with van der Waals surface area (Å²) < 4.78 is 28.8. The van der Waals surface area contributed by atoms with Crippen LogP contribution >= 0.6 is 15.9 Å². The molecule has 0 aliphatic carbocycles. The summed E-state index contributed by atoms with van der Waals surface area (Å²) in [5.41, 5.74) is 2.48. The molecule has 0 aliphatic rings. The maximum atomic E-state index is 12.6. The third-order valence-corrected chi connectivity index (χ3v) is 7.66. The minimum Gasteiger partial charge on any atom is -0.341 e. The molecular weight excluding hydrogens is 468 g/mol. The van der Waals surface area contributed by atoms with Crippen LogP contribution in [0.1, 0.15) is 17.8 Å². The fraction of sp³-hybridized carbons (Fsp3) is 0.333. The van der Waals surface area contributed by atoms with Crippen LogP contribution < -0.4 is 0 Å². The van der Waals surface area contributed by atoms with Crippen molar-refractivity contribution in [3.63, 3.8) is 0 Å². The average Bonchev–Trinajstić information content (AvgIpc) is 3.02. The number of aryl methyl sites for hydroxylation is 2. The van der Waals surface area contributed by atoms with Crippen LogP contribution in [0.3, 0.4) is 0 Å². The molecule has 0 unspecified atom stereocenters. The van der Waals surface area contributed by atoms with E-state index in [1.54, 1.807) is 30.1 Å². The molecule has 1 aromatic heterocycles. The number of carbonyl (C=O) groups is 1. The molecule has 0 saturated carbocycles. The van der Waals surface area contributed by atoms with Gasteiger partial charge in [-0.3, -0.25) is 4.79 Å². The molecule has 30 heavy (non-hydrogen) atoms. The third-order valence-electron chi connectivity index (χ3n) is 5.08. The Labute approximate surface area is 185 Å². The molecule has 0 saturated heterocycles. The van der Waals surface area contributed by atoms with E-state index in [0.29, 0.717) is 24.9 Å². The molecule has 3 aromatic rings. The van der Waals surface area contributed by atoms with Crippen molar-refractivity contribution in [1.29, 1.82) is 0 Å². The van der Waals surface area contributed by atoms with Crippen LogP contribution in [0.2, 0.25) is 0 Å². The van der Waals surface area contributed by atoms with E-state index < -0.39 is 10.0 Å². The van der Waals surface area contributed by atoms with Crippen molar-refractivity contribution in [3.8, 4) is 0 Å². The summed E-state index contributed by atoms with van der Waals surface area (Å²) in [6, 6.07) is 12.7. The lowest BCUT2D eigenvalue weighted by Gasteiger charge is -2.18. The maximum Gasteiger partial charge on any atom is 0.242 e. The molecule has 160 valence electrons. The number of rotatable bonds is 7. The van der Waals surface area contributed by atoms with Crippen LogP contribution in [0.15, 0.2) is 51.8 Å². The lowest BCUT2D eigenvalue weighted by atomic mass is 10.2. The fourth-order valence-corrected chi connectivity index (χ4v) is 4.54. The van der Waals surface area contributed by atoms with Crippen molar-refractivity contribution in [2.45, 2.75) is 24.3 Å². The molecule has 0 fully saturated rings. The number of benzene rings is 2. The van der Waals surface area contributed by atoms with E-state index in [9.17, 15) is 13.2 Å². The molecule has 0 atom stereocenters. The highest BCUT2D eigenvalue weighted by molar-refractivity contribution is 9.10. The van der Waals surface area contributed by atoms with E-state index >= 15 is 0 Å². The van der Waals surface area contributed by atoms with E-state index in [4.69, 9.17) is 0 Å². The highest BCUT2D eigenvalue weighted by Crippen LogP contribution is 2.22. The first kappa shape index (κ1) is 22.5. The summed E-state index contributed by atoms with van der Waals surface area (Å²) in [5.74, 6) is 0.765. The second-order valence-electron chi connectivity index (χ2n) is 7.37. The van der Waals surface area contributed by atoms with Gasteiger partial charge in [-0.1, -0.05) is 34.1 Å². The van der Waals surface area contributed by atoms with Crippen LogP contribution in [0.4, 0.5) is 0 Å². The number of amides is 1. The minimum atomic E-state index is -3.52. The van der Waals surface area contributed by atoms with Crippen LogP contribution in [-0.2, 0) is 34.8 Å². The molecule has 0 spiro atoms. The van der Waals surface area contributed by atoms with E-state index in [1.807, 2.05) is 35.9 Å². The summed E-state index contributed by atoms with van der Waals surface area (Å²) in [4.78, 5) is 19.1. The lowest BCUT2D eigenvalue weighted by molar-refractivity contribution is -0.130. The number of halogens is 1. The topological polar surface area (TPSA) is 75.5 Å². The molecule has 2 aromatic carbocycles. The Morgan fingerprint density at radius 1 is 1.13 bits per heavy atom. The standard InChI is InChI=1S/C21H25BrN4O3S/c1-24(2)30(28,29)16-9-10-19-18(13-16)23-20(26(19)4)11-12-21(27)25(3)14-15-7-5-6-8-17(15)22/h5-10,13H,11-12,14H2,1-4H3. The van der Waals surface area contributed by atoms with Gasteiger partial charge in [0, 0.05) is 52.0 Å². The molecule has 9 heteroatoms. The lowest BCUT2D eigenvalue weighted by Crippen LogP contribution is -2.26. The first-order chi connectivity index (χ1) is 14.1. The van der Waals surface area contributed by atoms with Gasteiger partial charge in [-0.05, 0) is 29.8 Å². The molecular formula is C21H25BrN4O3S. The number of aromatic nitrogens is 2. The van der Waals surface area contributed by atoms with Crippen molar-refractivity contribution in [2.24, 2.45) is 7.05 Å². The number of carbonyl (C=O) groups excluding carboxylic acids is 1. The number of imidazole rings is 1. The zero-order valence-electron chi connectivity index (χ0n) is 17.5. The van der Waals surface area contributed by atoms with Gasteiger partial charge < -0.3 is 9.47 Å². The van der Waals surface area contributed by atoms with Gasteiger partial charge in [0.2, 0.25) is 15.9 Å². The van der Waals surface area contributed by atoms with Crippen LogP contribution in [-0.4, -0.2) is 54.2 Å². The Balaban J connectivity index is 1.73. The van der Waals surface area contributed by atoms with Gasteiger partial charge in [-0.15, -0.1) is 0 Å². The predicted molar refractivity (Wildman–Crippen MR) is 121 cm³/mol. The quantitative estimate of drug-likeness (QED) is 0.507. The monoisotopic (exact) mass is 492 g/mol. The maximum absolute atomic E-state index is 12.6. The van der Waals surface area contributed by atoms with Gasteiger partial charge in [0.1, 0.15) is 5.82 Å². The van der Waals surface area contributed by atoms with E-state index in [0.717, 1.165) is 21.4 Å². The van der Waals surface area contributed by atoms with Crippen LogP contribution in [0, 0.1) is 0 Å². The number of hydrogen-bond acceptors (Lipinski definition) is 4. The first-order valence-corrected chi connectivity index (χ1v) is 11.7. The van der Waals surface area contributed by atoms with Crippen molar-refractivity contribution in [2.75, 3.05) is 21.1 Å². The summed E-state index contributed by atoms with van der Waals surface area (Å²) >= 11 is 3.51. The highest BCUT2D eigenvalue weighted by atomic mass is 79.9. The van der Waals surface area contributed by atoms with Crippen molar-refractivity contribution in [3.05, 3.63) is 58.3 Å². The summed E-state index contributed by atoms with van der Waals surface area (Å²) in [5, 5.41) is 0. The molecule has 0 aliphatic heterocycles. The van der Waals surface area contributed by atoms with Gasteiger partial charge in [-0.25, -0.2) is 17.7 Å². The normalized spacial score (nSPS) is 11.9. The molecule has 0 N–H and O–H groups in total. The zero-order chi connectivity index (χ0) is 22.1. The molecule has 1 heterocycles. The molecule has 0 bridgehead atoms. The number of sulfonamides is 1. The number of nitrogens with zero attached hydrogens (tertiary/aromatic N) is 4. The van der Waals surface area contributed by atoms with Gasteiger partial charge in [0.15, 0.2) is 0 Å². The van der Waals surface area contributed by atoms with Crippen LogP contribution in [0.5, 0.6) is 0 Å². The largest absolute Gasteiger partial charge is 0.341 e. The summed E-state index contributed by atoms with van der Waals surface area (Å²) in [7, 11) is 3.14. The fourth-order valence-electron chi connectivity index (χ4n) is 3.20. The molecule has 3 rings (SSSR count). The summed E-state index contributed by atoms with van der Waals surface area (Å²) in [6.45, 7) is 0.522. The Hall–Kier alpha value is -2.23. The molecule has 7 nitrogen and oxygen atoms in total. The first-order valence-electron chi connectivity index (χ1n) is 9.46. The van der Waals surface area contributed by atoms with Gasteiger partial charge in [0.25, 0.3) is 0 Å². The minimum absolute atomic E-state index is 0.0219. The Morgan fingerprint density at radius 2 is 1.83 bits per heavy atom. The second-order valence-corrected chi connectivity index (χ2v) is 10.4. The van der Waals surface area contributed by atoms with E-state index in [2.05, 4.69) is 20.9 Å². The van der Waals surface area contributed by atoms with E-state index in [1.165, 1.54) is 18.4 Å². The van der Waals surface area contributed by atoms with E-state index in [-0.39, 0.29) is 10.8 Å². The van der Waals surface area contributed by atoms with Gasteiger partial charge in [-0.2, -0.15) is 0 Å². The number of fused-ring (bicyclic) bond motifs is 1. The van der Waals surface area contributed by atoms with Crippen molar-refractivity contribution >= 4 is 42.9 Å². The average molecular weight is 493 g/mol. The van der Waals surface area contributed by atoms with Gasteiger partial charge >= 0.3 is 0 Å². The van der Waals surface area contributed by atoms with Gasteiger partial charge in [0.05, 0.1) is 15.9 Å². The Morgan fingerprint density at radius 3 is 2.50 bits per heavy atom. The zero-order valence-corrected chi connectivity index (χ0v) is 19.9. The molecule has 0 radical (unpaired) electrons. The van der Waals surface area contributed by atoms with Crippen molar-refractivity contribution < 1.29 is 13.2 Å². The Kier molecular flexibility index (Phi) is 6.64. The third kappa shape index (κ3) is 4.58. The predicted octanol–water partition coefficient (Wildman–Crippen LogP) is 3.18. The highest BCUT2D eigenvalue weighted by Gasteiger charge is 2.19. The number of hydrogen-bond donors (Lipinski definition) is 0. The van der Waals surface area contributed by atoms with Crippen molar-refractivity contribution in [1.82, 2.24) is 18.8 Å². The summed E-state index contributed by atoms with van der Waals surface area (Å²) in [6.07, 6.45) is 0.793.